The lowest BCUT2D eigenvalue weighted by Gasteiger charge is -2.36. The molecular weight excluding hydrogens is 359 g/mol. The largest absolute Gasteiger partial charge is 0.495 e. The van der Waals surface area contributed by atoms with E-state index in [0.29, 0.717) is 18.7 Å². The number of rotatable bonds is 5. The average Bonchev–Trinajstić information content (AvgIpc) is 2.67. The Morgan fingerprint density at radius 1 is 1.12 bits per heavy atom. The minimum atomic E-state index is -3.94. The van der Waals surface area contributed by atoms with Gasteiger partial charge in [-0.2, -0.15) is 4.31 Å². The number of hydrogen-bond acceptors (Lipinski definition) is 5. The summed E-state index contributed by atoms with van der Waals surface area (Å²) in [4.78, 5) is -0.0201. The summed E-state index contributed by atoms with van der Waals surface area (Å²) in [7, 11) is -1.11. The lowest BCUT2D eigenvalue weighted by molar-refractivity contribution is 0.268. The van der Waals surface area contributed by atoms with Gasteiger partial charge in [0, 0.05) is 19.6 Å². The molecule has 1 fully saturated rings. The molecule has 1 aliphatic rings. The SMILES string of the molecule is COc1cccc(OC)c1S(=O)(=O)N1CCNCC1c1cccc(F)c1. The van der Waals surface area contributed by atoms with Gasteiger partial charge in [0.15, 0.2) is 4.90 Å². The Hall–Kier alpha value is -2.16. The summed E-state index contributed by atoms with van der Waals surface area (Å²) in [6.45, 7) is 1.15. The van der Waals surface area contributed by atoms with Gasteiger partial charge in [-0.05, 0) is 29.8 Å². The minimum absolute atomic E-state index is 0.0201. The molecule has 2 aromatic carbocycles. The first kappa shape index (κ1) is 18.6. The Balaban J connectivity index is 2.10. The van der Waals surface area contributed by atoms with Crippen molar-refractivity contribution in [3.05, 3.63) is 53.8 Å². The number of benzene rings is 2. The highest BCUT2D eigenvalue weighted by Gasteiger charge is 2.38. The Labute approximate surface area is 152 Å². The van der Waals surface area contributed by atoms with Crippen molar-refractivity contribution in [3.63, 3.8) is 0 Å². The highest BCUT2D eigenvalue weighted by Crippen LogP contribution is 2.38. The summed E-state index contributed by atoms with van der Waals surface area (Å²) >= 11 is 0. The average molecular weight is 380 g/mol. The molecule has 26 heavy (non-hydrogen) atoms. The molecular formula is C18H21FN2O4S. The van der Waals surface area contributed by atoms with Crippen molar-refractivity contribution in [2.75, 3.05) is 33.9 Å². The molecule has 1 atom stereocenters. The van der Waals surface area contributed by atoms with Crippen molar-refractivity contribution in [1.82, 2.24) is 9.62 Å². The van der Waals surface area contributed by atoms with E-state index >= 15 is 0 Å². The summed E-state index contributed by atoms with van der Waals surface area (Å²) in [5.41, 5.74) is 0.592. The van der Waals surface area contributed by atoms with Gasteiger partial charge < -0.3 is 14.8 Å². The van der Waals surface area contributed by atoms with Crippen LogP contribution in [0.15, 0.2) is 47.4 Å². The molecule has 0 aliphatic carbocycles. The van der Waals surface area contributed by atoms with Gasteiger partial charge in [0.1, 0.15) is 17.3 Å². The molecule has 1 heterocycles. The Bertz CT molecular complexity index is 866. The first-order valence-corrected chi connectivity index (χ1v) is 9.62. The van der Waals surface area contributed by atoms with Crippen LogP contribution in [0.1, 0.15) is 11.6 Å². The Morgan fingerprint density at radius 3 is 2.38 bits per heavy atom. The first-order valence-electron chi connectivity index (χ1n) is 8.18. The number of sulfonamides is 1. The fourth-order valence-electron chi connectivity index (χ4n) is 3.16. The summed E-state index contributed by atoms with van der Waals surface area (Å²) in [6, 6.07) is 10.3. The molecule has 0 amide bonds. The molecule has 6 nitrogen and oxygen atoms in total. The van der Waals surface area contributed by atoms with Gasteiger partial charge in [-0.15, -0.1) is 0 Å². The normalized spacial score (nSPS) is 18.5. The van der Waals surface area contributed by atoms with E-state index in [0.717, 1.165) is 0 Å². The zero-order chi connectivity index (χ0) is 18.7. The van der Waals surface area contributed by atoms with Crippen LogP contribution in [0.5, 0.6) is 11.5 Å². The molecule has 2 aromatic rings. The first-order chi connectivity index (χ1) is 12.5. The van der Waals surface area contributed by atoms with Gasteiger partial charge in [0.2, 0.25) is 0 Å². The van der Waals surface area contributed by atoms with Gasteiger partial charge in [0.25, 0.3) is 10.0 Å². The second-order valence-electron chi connectivity index (χ2n) is 5.88. The maximum Gasteiger partial charge on any atom is 0.251 e. The molecule has 0 spiro atoms. The molecule has 1 unspecified atom stereocenters. The Kier molecular flexibility index (Phi) is 5.45. The third-order valence-electron chi connectivity index (χ3n) is 4.38. The molecule has 1 saturated heterocycles. The number of piperazine rings is 1. The van der Waals surface area contributed by atoms with E-state index in [9.17, 15) is 12.8 Å². The van der Waals surface area contributed by atoms with E-state index in [1.165, 1.54) is 30.7 Å². The fourth-order valence-corrected chi connectivity index (χ4v) is 5.07. The maximum atomic E-state index is 13.7. The lowest BCUT2D eigenvalue weighted by atomic mass is 10.1. The van der Waals surface area contributed by atoms with Crippen LogP contribution in [0.4, 0.5) is 4.39 Å². The van der Waals surface area contributed by atoms with E-state index in [1.54, 1.807) is 30.3 Å². The number of methoxy groups -OCH3 is 2. The van der Waals surface area contributed by atoms with Gasteiger partial charge in [-0.3, -0.25) is 0 Å². The van der Waals surface area contributed by atoms with Crippen molar-refractivity contribution in [3.8, 4) is 11.5 Å². The van der Waals surface area contributed by atoms with Crippen molar-refractivity contribution < 1.29 is 22.3 Å². The standard InChI is InChI=1S/C18H21FN2O4S/c1-24-16-7-4-8-17(25-2)18(16)26(22,23)21-10-9-20-12-15(21)13-5-3-6-14(19)11-13/h3-8,11,15,20H,9-10,12H2,1-2H3. The number of hydrogen-bond donors (Lipinski definition) is 1. The number of nitrogens with one attached hydrogen (secondary N) is 1. The monoisotopic (exact) mass is 380 g/mol. The highest BCUT2D eigenvalue weighted by molar-refractivity contribution is 7.89. The number of halogens is 1. The van der Waals surface area contributed by atoms with Crippen molar-refractivity contribution in [2.45, 2.75) is 10.9 Å². The molecule has 1 aliphatic heterocycles. The molecule has 0 bridgehead atoms. The van der Waals surface area contributed by atoms with E-state index in [-0.39, 0.29) is 22.9 Å². The smallest absolute Gasteiger partial charge is 0.251 e. The van der Waals surface area contributed by atoms with Crippen LogP contribution in [0.3, 0.4) is 0 Å². The molecule has 0 radical (unpaired) electrons. The molecule has 3 rings (SSSR count). The minimum Gasteiger partial charge on any atom is -0.495 e. The van der Waals surface area contributed by atoms with Crippen LogP contribution in [0.25, 0.3) is 0 Å². The second-order valence-corrected chi connectivity index (χ2v) is 7.71. The van der Waals surface area contributed by atoms with Gasteiger partial charge in [0.05, 0.1) is 20.3 Å². The van der Waals surface area contributed by atoms with Crippen LogP contribution in [0.2, 0.25) is 0 Å². The van der Waals surface area contributed by atoms with Crippen LogP contribution < -0.4 is 14.8 Å². The molecule has 0 saturated carbocycles. The van der Waals surface area contributed by atoms with Gasteiger partial charge >= 0.3 is 0 Å². The predicted molar refractivity (Wildman–Crippen MR) is 95.4 cm³/mol. The zero-order valence-corrected chi connectivity index (χ0v) is 15.4. The van der Waals surface area contributed by atoms with Gasteiger partial charge in [-0.1, -0.05) is 18.2 Å². The van der Waals surface area contributed by atoms with Crippen LogP contribution in [-0.2, 0) is 10.0 Å². The summed E-state index contributed by atoms with van der Waals surface area (Å²) < 4.78 is 52.5. The second kappa shape index (κ2) is 7.61. The van der Waals surface area contributed by atoms with Crippen molar-refractivity contribution in [2.24, 2.45) is 0 Å². The lowest BCUT2D eigenvalue weighted by Crippen LogP contribution is -2.48. The molecule has 140 valence electrons. The summed E-state index contributed by atoms with van der Waals surface area (Å²) in [6.07, 6.45) is 0. The zero-order valence-electron chi connectivity index (χ0n) is 14.6. The fraction of sp³-hybridized carbons (Fsp3) is 0.333. The number of ether oxygens (including phenoxy) is 2. The maximum absolute atomic E-state index is 13.7. The van der Waals surface area contributed by atoms with Crippen molar-refractivity contribution in [1.29, 1.82) is 0 Å². The molecule has 0 aromatic heterocycles. The van der Waals surface area contributed by atoms with E-state index in [1.807, 2.05) is 0 Å². The molecule has 8 heteroatoms. The van der Waals surface area contributed by atoms with E-state index in [4.69, 9.17) is 9.47 Å². The molecule has 1 N–H and O–H groups in total. The van der Waals surface area contributed by atoms with E-state index < -0.39 is 21.9 Å². The Morgan fingerprint density at radius 2 is 1.77 bits per heavy atom. The third kappa shape index (κ3) is 3.40. The highest BCUT2D eigenvalue weighted by atomic mass is 32.2. The third-order valence-corrected chi connectivity index (χ3v) is 6.35. The van der Waals surface area contributed by atoms with Crippen LogP contribution >= 0.6 is 0 Å². The predicted octanol–water partition coefficient (Wildman–Crippen LogP) is 2.18. The van der Waals surface area contributed by atoms with Crippen LogP contribution in [-0.4, -0.2) is 46.6 Å². The summed E-state index contributed by atoms with van der Waals surface area (Å²) in [5.74, 6) is 0.0158. The van der Waals surface area contributed by atoms with Crippen LogP contribution in [0, 0.1) is 5.82 Å². The van der Waals surface area contributed by atoms with Gasteiger partial charge in [-0.25, -0.2) is 12.8 Å². The quantitative estimate of drug-likeness (QED) is 0.861. The number of nitrogens with zero attached hydrogens (tertiary/aromatic N) is 1. The summed E-state index contributed by atoms with van der Waals surface area (Å²) in [5, 5.41) is 3.17. The van der Waals surface area contributed by atoms with Crippen molar-refractivity contribution >= 4 is 10.0 Å². The van der Waals surface area contributed by atoms with E-state index in [2.05, 4.69) is 5.32 Å². The topological polar surface area (TPSA) is 67.9 Å².